The van der Waals surface area contributed by atoms with E-state index >= 15 is 0 Å². The molecule has 1 aliphatic carbocycles. The SMILES string of the molecule is CC(C)(C)OC(=O)N1CCC(CNC2CCCC(O)C2)CC1. The van der Waals surface area contributed by atoms with Gasteiger partial charge in [-0.2, -0.15) is 0 Å². The topological polar surface area (TPSA) is 61.8 Å². The van der Waals surface area contributed by atoms with E-state index in [1.165, 1.54) is 6.42 Å². The van der Waals surface area contributed by atoms with Gasteiger partial charge in [0.25, 0.3) is 0 Å². The Labute approximate surface area is 134 Å². The molecule has 5 nitrogen and oxygen atoms in total. The maximum Gasteiger partial charge on any atom is 0.410 e. The van der Waals surface area contributed by atoms with Gasteiger partial charge in [-0.1, -0.05) is 0 Å². The summed E-state index contributed by atoms with van der Waals surface area (Å²) in [4.78, 5) is 13.8. The van der Waals surface area contributed by atoms with Gasteiger partial charge in [0.15, 0.2) is 0 Å². The van der Waals surface area contributed by atoms with Crippen LogP contribution in [-0.2, 0) is 4.74 Å². The van der Waals surface area contributed by atoms with E-state index in [9.17, 15) is 9.90 Å². The smallest absolute Gasteiger partial charge is 0.410 e. The third-order valence-corrected chi connectivity index (χ3v) is 4.61. The maximum absolute atomic E-state index is 12.0. The highest BCUT2D eigenvalue weighted by atomic mass is 16.6. The monoisotopic (exact) mass is 312 g/mol. The lowest BCUT2D eigenvalue weighted by atomic mass is 9.91. The van der Waals surface area contributed by atoms with E-state index in [2.05, 4.69) is 5.32 Å². The lowest BCUT2D eigenvalue weighted by molar-refractivity contribution is 0.0181. The Morgan fingerprint density at radius 2 is 1.91 bits per heavy atom. The highest BCUT2D eigenvalue weighted by molar-refractivity contribution is 5.68. The fourth-order valence-electron chi connectivity index (χ4n) is 3.33. The van der Waals surface area contributed by atoms with Crippen molar-refractivity contribution in [3.63, 3.8) is 0 Å². The van der Waals surface area contributed by atoms with Gasteiger partial charge in [0.2, 0.25) is 0 Å². The van der Waals surface area contributed by atoms with Crippen molar-refractivity contribution in [2.75, 3.05) is 19.6 Å². The summed E-state index contributed by atoms with van der Waals surface area (Å²) in [6.07, 6.45) is 5.88. The van der Waals surface area contributed by atoms with E-state index in [1.807, 2.05) is 25.7 Å². The largest absolute Gasteiger partial charge is 0.444 e. The second-order valence-electron chi connectivity index (χ2n) is 7.84. The third kappa shape index (κ3) is 5.76. The molecule has 22 heavy (non-hydrogen) atoms. The minimum absolute atomic E-state index is 0.125. The quantitative estimate of drug-likeness (QED) is 0.840. The Balaban J connectivity index is 1.65. The standard InChI is InChI=1S/C17H32N2O3/c1-17(2,3)22-16(21)19-9-7-13(8-10-19)12-18-14-5-4-6-15(20)11-14/h13-15,18,20H,4-12H2,1-3H3. The number of rotatable bonds is 3. The molecule has 2 unspecified atom stereocenters. The summed E-state index contributed by atoms with van der Waals surface area (Å²) in [6.45, 7) is 8.28. The van der Waals surface area contributed by atoms with Crippen LogP contribution in [0.3, 0.4) is 0 Å². The first-order valence-corrected chi connectivity index (χ1v) is 8.73. The average Bonchev–Trinajstić information content (AvgIpc) is 2.44. The Morgan fingerprint density at radius 3 is 2.50 bits per heavy atom. The summed E-state index contributed by atoms with van der Waals surface area (Å²) < 4.78 is 5.42. The molecule has 1 amide bonds. The van der Waals surface area contributed by atoms with Gasteiger partial charge in [0.05, 0.1) is 6.10 Å². The molecule has 5 heteroatoms. The Hall–Kier alpha value is -0.810. The van der Waals surface area contributed by atoms with Crippen LogP contribution in [0.2, 0.25) is 0 Å². The number of carbonyl (C=O) groups is 1. The minimum Gasteiger partial charge on any atom is -0.444 e. The number of nitrogens with zero attached hydrogens (tertiary/aromatic N) is 1. The Bertz CT molecular complexity index is 359. The fourth-order valence-corrected chi connectivity index (χ4v) is 3.33. The molecule has 2 N–H and O–H groups in total. The van der Waals surface area contributed by atoms with E-state index in [0.717, 1.165) is 51.7 Å². The first-order chi connectivity index (χ1) is 10.3. The van der Waals surface area contributed by atoms with Crippen molar-refractivity contribution < 1.29 is 14.6 Å². The molecule has 0 bridgehead atoms. The van der Waals surface area contributed by atoms with Crippen LogP contribution in [0.25, 0.3) is 0 Å². The van der Waals surface area contributed by atoms with Crippen molar-refractivity contribution in [2.24, 2.45) is 5.92 Å². The molecule has 2 rings (SSSR count). The zero-order valence-electron chi connectivity index (χ0n) is 14.3. The molecule has 2 aliphatic rings. The molecular formula is C17H32N2O3. The summed E-state index contributed by atoms with van der Waals surface area (Å²) in [5, 5.41) is 13.3. The van der Waals surface area contributed by atoms with Crippen LogP contribution in [0.4, 0.5) is 4.79 Å². The molecule has 2 fully saturated rings. The van der Waals surface area contributed by atoms with Gasteiger partial charge in [-0.05, 0) is 71.8 Å². The zero-order valence-corrected chi connectivity index (χ0v) is 14.3. The number of aliphatic hydroxyl groups excluding tert-OH is 1. The van der Waals surface area contributed by atoms with Crippen molar-refractivity contribution in [2.45, 2.75) is 77.0 Å². The maximum atomic E-state index is 12.0. The van der Waals surface area contributed by atoms with Gasteiger partial charge in [0, 0.05) is 19.1 Å². The predicted molar refractivity (Wildman–Crippen MR) is 86.8 cm³/mol. The van der Waals surface area contributed by atoms with Gasteiger partial charge in [0.1, 0.15) is 5.60 Å². The molecule has 0 aromatic heterocycles. The molecule has 128 valence electrons. The summed E-state index contributed by atoms with van der Waals surface area (Å²) in [5.74, 6) is 0.623. The number of hydrogen-bond acceptors (Lipinski definition) is 4. The van der Waals surface area contributed by atoms with Crippen LogP contribution in [0.5, 0.6) is 0 Å². The molecule has 1 saturated carbocycles. The van der Waals surface area contributed by atoms with E-state index < -0.39 is 5.60 Å². The first kappa shape index (κ1) is 17.5. The fraction of sp³-hybridized carbons (Fsp3) is 0.941. The van der Waals surface area contributed by atoms with Crippen molar-refractivity contribution in [3.05, 3.63) is 0 Å². The molecule has 0 spiro atoms. The molecule has 2 atom stereocenters. The number of carbonyl (C=O) groups excluding carboxylic acids is 1. The summed E-state index contributed by atoms with van der Waals surface area (Å²) in [5.41, 5.74) is -0.419. The van der Waals surface area contributed by atoms with Gasteiger partial charge in [-0.15, -0.1) is 0 Å². The Kier molecular flexibility index (Phi) is 6.09. The minimum atomic E-state index is -0.419. The number of amides is 1. The van der Waals surface area contributed by atoms with E-state index in [1.54, 1.807) is 0 Å². The van der Waals surface area contributed by atoms with Crippen LogP contribution >= 0.6 is 0 Å². The summed E-state index contributed by atoms with van der Waals surface area (Å²) >= 11 is 0. The summed E-state index contributed by atoms with van der Waals surface area (Å²) in [6, 6.07) is 0.465. The number of nitrogens with one attached hydrogen (secondary N) is 1. The van der Waals surface area contributed by atoms with Gasteiger partial charge >= 0.3 is 6.09 Å². The lowest BCUT2D eigenvalue weighted by Gasteiger charge is -2.34. The molecule has 1 aliphatic heterocycles. The highest BCUT2D eigenvalue weighted by Gasteiger charge is 2.27. The third-order valence-electron chi connectivity index (χ3n) is 4.61. The molecule has 1 heterocycles. The number of aliphatic hydroxyl groups is 1. The van der Waals surface area contributed by atoms with Crippen molar-refractivity contribution >= 4 is 6.09 Å². The predicted octanol–water partition coefficient (Wildman–Crippen LogP) is 2.53. The van der Waals surface area contributed by atoms with E-state index in [0.29, 0.717) is 12.0 Å². The first-order valence-electron chi connectivity index (χ1n) is 8.73. The van der Waals surface area contributed by atoms with Crippen LogP contribution in [0.1, 0.15) is 59.3 Å². The van der Waals surface area contributed by atoms with Crippen molar-refractivity contribution in [1.29, 1.82) is 0 Å². The van der Waals surface area contributed by atoms with E-state index in [4.69, 9.17) is 4.74 Å². The number of ether oxygens (including phenoxy) is 1. The molecule has 0 radical (unpaired) electrons. The second-order valence-corrected chi connectivity index (χ2v) is 7.84. The molecule has 0 aromatic rings. The van der Waals surface area contributed by atoms with Crippen LogP contribution in [0.15, 0.2) is 0 Å². The van der Waals surface area contributed by atoms with Crippen LogP contribution in [-0.4, -0.2) is 53.5 Å². The summed E-state index contributed by atoms with van der Waals surface area (Å²) in [7, 11) is 0. The van der Waals surface area contributed by atoms with Crippen molar-refractivity contribution in [1.82, 2.24) is 10.2 Å². The van der Waals surface area contributed by atoms with Gasteiger partial charge in [-0.25, -0.2) is 4.79 Å². The zero-order chi connectivity index (χ0) is 16.2. The van der Waals surface area contributed by atoms with E-state index in [-0.39, 0.29) is 12.2 Å². The molecule has 1 saturated heterocycles. The second kappa shape index (κ2) is 7.64. The van der Waals surface area contributed by atoms with Gasteiger partial charge < -0.3 is 20.1 Å². The molecule has 0 aromatic carbocycles. The van der Waals surface area contributed by atoms with Crippen LogP contribution in [0, 0.1) is 5.92 Å². The number of hydrogen-bond donors (Lipinski definition) is 2. The average molecular weight is 312 g/mol. The molecular weight excluding hydrogens is 280 g/mol. The number of piperidine rings is 1. The normalized spacial score (nSPS) is 27.7. The van der Waals surface area contributed by atoms with Crippen LogP contribution < -0.4 is 5.32 Å². The highest BCUT2D eigenvalue weighted by Crippen LogP contribution is 2.21. The van der Waals surface area contributed by atoms with Gasteiger partial charge in [-0.3, -0.25) is 0 Å². The van der Waals surface area contributed by atoms with Crippen molar-refractivity contribution in [3.8, 4) is 0 Å². The Morgan fingerprint density at radius 1 is 1.23 bits per heavy atom. The number of likely N-dealkylation sites (tertiary alicyclic amines) is 1. The lowest BCUT2D eigenvalue weighted by Crippen LogP contribution is -2.45.